The third-order valence-electron chi connectivity index (χ3n) is 3.20. The molecule has 0 radical (unpaired) electrons. The van der Waals surface area contributed by atoms with Gasteiger partial charge in [-0.3, -0.25) is 4.98 Å². The fourth-order valence-electron chi connectivity index (χ4n) is 2.13. The molecule has 0 spiro atoms. The van der Waals surface area contributed by atoms with E-state index >= 15 is 0 Å². The van der Waals surface area contributed by atoms with Gasteiger partial charge in [-0.1, -0.05) is 0 Å². The Labute approximate surface area is 103 Å². The van der Waals surface area contributed by atoms with Crippen LogP contribution in [0.15, 0.2) is 18.5 Å². The van der Waals surface area contributed by atoms with Crippen LogP contribution < -0.4 is 10.6 Å². The van der Waals surface area contributed by atoms with Crippen molar-refractivity contribution in [2.45, 2.75) is 13.3 Å². The van der Waals surface area contributed by atoms with E-state index in [2.05, 4.69) is 27.4 Å². The number of pyridine rings is 1. The Morgan fingerprint density at radius 3 is 3.00 bits per heavy atom. The molecule has 17 heavy (non-hydrogen) atoms. The Balaban J connectivity index is 1.64. The van der Waals surface area contributed by atoms with E-state index in [0.717, 1.165) is 19.6 Å². The summed E-state index contributed by atoms with van der Waals surface area (Å²) in [4.78, 5) is 6.62. The Bertz CT molecular complexity index is 334. The maximum absolute atomic E-state index is 4.09. The van der Waals surface area contributed by atoms with Crippen LogP contribution in [-0.4, -0.2) is 49.2 Å². The van der Waals surface area contributed by atoms with Crippen LogP contribution in [0.4, 0.5) is 5.69 Å². The number of rotatable bonds is 5. The number of nitrogens with zero attached hydrogens (tertiary/aromatic N) is 2. The maximum Gasteiger partial charge on any atom is 0.0400 e. The van der Waals surface area contributed by atoms with Crippen LogP contribution in [-0.2, 0) is 0 Å². The van der Waals surface area contributed by atoms with Gasteiger partial charge in [0.15, 0.2) is 0 Å². The van der Waals surface area contributed by atoms with Crippen LogP contribution in [0.25, 0.3) is 0 Å². The predicted molar refractivity (Wildman–Crippen MR) is 71.4 cm³/mol. The predicted octanol–water partition coefficient (Wildman–Crippen LogP) is 1.10. The second kappa shape index (κ2) is 6.57. The molecular formula is C13H22N4. The summed E-state index contributed by atoms with van der Waals surface area (Å²) in [6, 6.07) is 2.04. The lowest BCUT2D eigenvalue weighted by molar-refractivity contribution is 0.240. The first-order valence-corrected chi connectivity index (χ1v) is 6.44. The lowest BCUT2D eigenvalue weighted by atomic mass is 10.2. The molecule has 0 aromatic carbocycles. The number of hydrogen-bond donors (Lipinski definition) is 2. The van der Waals surface area contributed by atoms with Gasteiger partial charge in [-0.25, -0.2) is 0 Å². The molecule has 1 saturated heterocycles. The quantitative estimate of drug-likeness (QED) is 0.749. The molecule has 1 aromatic rings. The highest BCUT2D eigenvalue weighted by Gasteiger charge is 2.08. The molecule has 2 N–H and O–H groups in total. The van der Waals surface area contributed by atoms with Crippen molar-refractivity contribution >= 4 is 5.69 Å². The Hall–Kier alpha value is -1.13. The fourth-order valence-corrected chi connectivity index (χ4v) is 2.13. The van der Waals surface area contributed by atoms with Crippen LogP contribution in [0, 0.1) is 6.92 Å². The van der Waals surface area contributed by atoms with Gasteiger partial charge in [-0.15, -0.1) is 0 Å². The van der Waals surface area contributed by atoms with E-state index in [1.165, 1.54) is 37.3 Å². The molecular weight excluding hydrogens is 212 g/mol. The minimum atomic E-state index is 1.04. The van der Waals surface area contributed by atoms with E-state index in [-0.39, 0.29) is 0 Å². The van der Waals surface area contributed by atoms with Crippen molar-refractivity contribution in [3.05, 3.63) is 24.0 Å². The van der Waals surface area contributed by atoms with Gasteiger partial charge in [0, 0.05) is 50.8 Å². The van der Waals surface area contributed by atoms with Gasteiger partial charge in [0.05, 0.1) is 0 Å². The molecule has 0 saturated carbocycles. The molecule has 94 valence electrons. The van der Waals surface area contributed by atoms with Gasteiger partial charge in [0.2, 0.25) is 0 Å². The standard InChI is InChI=1S/C13H22N4/c1-12-11-15-5-3-13(12)16-4-2-8-17-9-6-14-7-10-17/h3,5,11,14H,2,4,6-10H2,1H3,(H,15,16). The molecule has 0 bridgehead atoms. The number of piperazine rings is 1. The molecule has 1 fully saturated rings. The summed E-state index contributed by atoms with van der Waals surface area (Å²) in [6.07, 6.45) is 4.94. The van der Waals surface area contributed by atoms with E-state index in [9.17, 15) is 0 Å². The molecule has 0 amide bonds. The zero-order chi connectivity index (χ0) is 11.9. The summed E-state index contributed by atoms with van der Waals surface area (Å²) in [5, 5.41) is 6.84. The maximum atomic E-state index is 4.09. The molecule has 4 heteroatoms. The van der Waals surface area contributed by atoms with E-state index in [0.29, 0.717) is 0 Å². The number of aryl methyl sites for hydroxylation is 1. The van der Waals surface area contributed by atoms with E-state index < -0.39 is 0 Å². The summed E-state index contributed by atoms with van der Waals surface area (Å²) in [5.74, 6) is 0. The lowest BCUT2D eigenvalue weighted by Crippen LogP contribution is -2.44. The van der Waals surface area contributed by atoms with Crippen molar-refractivity contribution in [2.75, 3.05) is 44.6 Å². The van der Waals surface area contributed by atoms with Crippen molar-refractivity contribution in [1.29, 1.82) is 0 Å². The van der Waals surface area contributed by atoms with Gasteiger partial charge in [0.25, 0.3) is 0 Å². The Morgan fingerprint density at radius 2 is 2.24 bits per heavy atom. The molecule has 0 atom stereocenters. The number of hydrogen-bond acceptors (Lipinski definition) is 4. The zero-order valence-corrected chi connectivity index (χ0v) is 10.6. The van der Waals surface area contributed by atoms with Gasteiger partial charge in [-0.05, 0) is 31.5 Å². The second-order valence-corrected chi connectivity index (χ2v) is 4.56. The summed E-state index contributed by atoms with van der Waals surface area (Å²) in [5.41, 5.74) is 2.43. The number of aromatic nitrogens is 1. The average molecular weight is 234 g/mol. The van der Waals surface area contributed by atoms with Crippen LogP contribution in [0.1, 0.15) is 12.0 Å². The average Bonchev–Trinajstić information content (AvgIpc) is 2.38. The Kier molecular flexibility index (Phi) is 4.76. The minimum absolute atomic E-state index is 1.04. The third-order valence-corrected chi connectivity index (χ3v) is 3.20. The monoisotopic (exact) mass is 234 g/mol. The fraction of sp³-hybridized carbons (Fsp3) is 0.615. The highest BCUT2D eigenvalue weighted by atomic mass is 15.2. The van der Waals surface area contributed by atoms with Crippen molar-refractivity contribution in [3.8, 4) is 0 Å². The van der Waals surface area contributed by atoms with E-state index in [4.69, 9.17) is 0 Å². The second-order valence-electron chi connectivity index (χ2n) is 4.56. The molecule has 1 aliphatic rings. The minimum Gasteiger partial charge on any atom is -0.385 e. The molecule has 1 aromatic heterocycles. The lowest BCUT2D eigenvalue weighted by Gasteiger charge is -2.27. The van der Waals surface area contributed by atoms with Crippen molar-refractivity contribution < 1.29 is 0 Å². The Morgan fingerprint density at radius 1 is 1.41 bits per heavy atom. The summed E-state index contributed by atoms with van der Waals surface area (Å²) < 4.78 is 0. The molecule has 2 heterocycles. The largest absolute Gasteiger partial charge is 0.385 e. The van der Waals surface area contributed by atoms with Crippen molar-refractivity contribution in [3.63, 3.8) is 0 Å². The van der Waals surface area contributed by atoms with E-state index in [1.807, 2.05) is 18.5 Å². The molecule has 1 aliphatic heterocycles. The van der Waals surface area contributed by atoms with Crippen molar-refractivity contribution in [1.82, 2.24) is 15.2 Å². The SMILES string of the molecule is Cc1cnccc1NCCCN1CCNCC1. The van der Waals surface area contributed by atoms with Gasteiger partial charge in [0.1, 0.15) is 0 Å². The summed E-state index contributed by atoms with van der Waals surface area (Å²) in [7, 11) is 0. The van der Waals surface area contributed by atoms with Gasteiger partial charge >= 0.3 is 0 Å². The summed E-state index contributed by atoms with van der Waals surface area (Å²) >= 11 is 0. The molecule has 2 rings (SSSR count). The topological polar surface area (TPSA) is 40.2 Å². The van der Waals surface area contributed by atoms with Crippen molar-refractivity contribution in [2.24, 2.45) is 0 Å². The van der Waals surface area contributed by atoms with Gasteiger partial charge < -0.3 is 15.5 Å². The molecule has 4 nitrogen and oxygen atoms in total. The molecule has 0 aliphatic carbocycles. The first-order valence-electron chi connectivity index (χ1n) is 6.44. The van der Waals surface area contributed by atoms with Gasteiger partial charge in [-0.2, -0.15) is 0 Å². The highest BCUT2D eigenvalue weighted by molar-refractivity contribution is 5.48. The zero-order valence-electron chi connectivity index (χ0n) is 10.6. The smallest absolute Gasteiger partial charge is 0.0400 e. The highest BCUT2D eigenvalue weighted by Crippen LogP contribution is 2.11. The van der Waals surface area contributed by atoms with Crippen LogP contribution >= 0.6 is 0 Å². The first kappa shape index (κ1) is 12.3. The normalized spacial score (nSPS) is 17.0. The van der Waals surface area contributed by atoms with E-state index in [1.54, 1.807) is 0 Å². The van der Waals surface area contributed by atoms with Crippen LogP contribution in [0.3, 0.4) is 0 Å². The number of nitrogens with one attached hydrogen (secondary N) is 2. The first-order chi connectivity index (χ1) is 8.36. The number of anilines is 1. The summed E-state index contributed by atoms with van der Waals surface area (Å²) in [6.45, 7) is 8.97. The third kappa shape index (κ3) is 3.98. The molecule has 0 unspecified atom stereocenters. The van der Waals surface area contributed by atoms with Crippen LogP contribution in [0.2, 0.25) is 0 Å². The van der Waals surface area contributed by atoms with Crippen LogP contribution in [0.5, 0.6) is 0 Å².